The first kappa shape index (κ1) is 12.1. The lowest BCUT2D eigenvalue weighted by Crippen LogP contribution is -2.20. The van der Waals surface area contributed by atoms with Gasteiger partial charge in [-0.25, -0.2) is 4.39 Å². The van der Waals surface area contributed by atoms with E-state index in [0.717, 1.165) is 35.3 Å². The average Bonchev–Trinajstić information content (AvgIpc) is 2.64. The van der Waals surface area contributed by atoms with Crippen LogP contribution in [-0.4, -0.2) is 6.54 Å². The molecule has 1 N–H and O–H groups in total. The van der Waals surface area contributed by atoms with Crippen LogP contribution in [0.1, 0.15) is 37.6 Å². The van der Waals surface area contributed by atoms with Crippen molar-refractivity contribution in [3.8, 4) is 0 Å². The van der Waals surface area contributed by atoms with Crippen LogP contribution in [0, 0.1) is 12.7 Å². The zero-order valence-corrected chi connectivity index (χ0v) is 10.5. The molecule has 0 aliphatic carbocycles. The van der Waals surface area contributed by atoms with E-state index in [2.05, 4.69) is 19.2 Å². The molecule has 0 amide bonds. The second-order valence-electron chi connectivity index (χ2n) is 4.25. The molecule has 2 nitrogen and oxygen atoms in total. The third kappa shape index (κ3) is 2.20. The molecule has 2 rings (SSSR count). The lowest BCUT2D eigenvalue weighted by atomic mass is 10.1. The number of nitrogens with one attached hydrogen (secondary N) is 1. The molecule has 1 atom stereocenters. The van der Waals surface area contributed by atoms with Crippen molar-refractivity contribution >= 4 is 11.0 Å². The molecule has 92 valence electrons. The molecule has 3 heteroatoms. The zero-order chi connectivity index (χ0) is 12.4. The number of rotatable bonds is 4. The molecular formula is C14H18FNO. The predicted molar refractivity (Wildman–Crippen MR) is 67.6 cm³/mol. The molecule has 1 aromatic heterocycles. The maximum atomic E-state index is 13.2. The molecule has 1 aromatic carbocycles. The number of fused-ring (bicyclic) bond motifs is 1. The minimum atomic E-state index is -0.218. The van der Waals surface area contributed by atoms with Crippen molar-refractivity contribution in [3.63, 3.8) is 0 Å². The van der Waals surface area contributed by atoms with E-state index < -0.39 is 0 Å². The van der Waals surface area contributed by atoms with Gasteiger partial charge in [0, 0.05) is 10.9 Å². The van der Waals surface area contributed by atoms with E-state index in [1.54, 1.807) is 6.07 Å². The van der Waals surface area contributed by atoms with Crippen molar-refractivity contribution in [2.45, 2.75) is 33.2 Å². The highest BCUT2D eigenvalue weighted by molar-refractivity contribution is 5.82. The fraction of sp³-hybridized carbons (Fsp3) is 0.429. The molecule has 17 heavy (non-hydrogen) atoms. The highest BCUT2D eigenvalue weighted by atomic mass is 19.1. The lowest BCUT2D eigenvalue weighted by molar-refractivity contribution is 0.425. The summed E-state index contributed by atoms with van der Waals surface area (Å²) in [7, 11) is 0. The van der Waals surface area contributed by atoms with Crippen LogP contribution in [0.15, 0.2) is 22.6 Å². The summed E-state index contributed by atoms with van der Waals surface area (Å²) in [4.78, 5) is 0. The summed E-state index contributed by atoms with van der Waals surface area (Å²) in [6, 6.07) is 4.87. The minimum Gasteiger partial charge on any atom is -0.459 e. The van der Waals surface area contributed by atoms with Crippen molar-refractivity contribution in [3.05, 3.63) is 35.3 Å². The van der Waals surface area contributed by atoms with Gasteiger partial charge in [0.15, 0.2) is 0 Å². The van der Waals surface area contributed by atoms with Crippen LogP contribution < -0.4 is 5.32 Å². The average molecular weight is 235 g/mol. The summed E-state index contributed by atoms with van der Waals surface area (Å²) in [5, 5.41) is 4.25. The van der Waals surface area contributed by atoms with Gasteiger partial charge in [-0.1, -0.05) is 13.8 Å². The molecule has 0 radical (unpaired) electrons. The quantitative estimate of drug-likeness (QED) is 0.868. The molecular weight excluding hydrogens is 217 g/mol. The Morgan fingerprint density at radius 3 is 2.76 bits per heavy atom. The van der Waals surface area contributed by atoms with E-state index in [1.165, 1.54) is 12.1 Å². The second-order valence-corrected chi connectivity index (χ2v) is 4.25. The summed E-state index contributed by atoms with van der Waals surface area (Å²) in [5.41, 5.74) is 1.79. The van der Waals surface area contributed by atoms with Crippen molar-refractivity contribution in [1.29, 1.82) is 0 Å². The normalized spacial score (nSPS) is 13.2. The fourth-order valence-electron chi connectivity index (χ4n) is 2.21. The zero-order valence-electron chi connectivity index (χ0n) is 10.5. The smallest absolute Gasteiger partial charge is 0.134 e. The van der Waals surface area contributed by atoms with Gasteiger partial charge in [0.05, 0.1) is 6.04 Å². The van der Waals surface area contributed by atoms with Gasteiger partial charge in [0.25, 0.3) is 0 Å². The molecule has 0 saturated heterocycles. The van der Waals surface area contributed by atoms with Crippen molar-refractivity contribution in [2.24, 2.45) is 0 Å². The number of aryl methyl sites for hydroxylation is 1. The van der Waals surface area contributed by atoms with Crippen LogP contribution in [0.2, 0.25) is 0 Å². The largest absolute Gasteiger partial charge is 0.459 e. The number of furan rings is 1. The van der Waals surface area contributed by atoms with Gasteiger partial charge in [-0.3, -0.25) is 0 Å². The first-order valence-electron chi connectivity index (χ1n) is 6.09. The molecule has 0 aliphatic heterocycles. The molecule has 0 saturated carbocycles. The lowest BCUT2D eigenvalue weighted by Gasteiger charge is -2.13. The Labute approximate surface area is 101 Å². The standard InChI is InChI=1S/C14H18FNO/c1-4-12(16-5-2)14-9(3)11-8-10(15)6-7-13(11)17-14/h6-8,12,16H,4-5H2,1-3H3. The van der Waals surface area contributed by atoms with Crippen LogP contribution in [-0.2, 0) is 0 Å². The third-order valence-corrected chi connectivity index (χ3v) is 3.11. The van der Waals surface area contributed by atoms with Gasteiger partial charge in [0.1, 0.15) is 17.2 Å². The Morgan fingerprint density at radius 2 is 2.12 bits per heavy atom. The van der Waals surface area contributed by atoms with Crippen LogP contribution in [0.3, 0.4) is 0 Å². The van der Waals surface area contributed by atoms with Gasteiger partial charge in [-0.2, -0.15) is 0 Å². The third-order valence-electron chi connectivity index (χ3n) is 3.11. The van der Waals surface area contributed by atoms with Gasteiger partial charge in [-0.15, -0.1) is 0 Å². The Bertz CT molecular complexity index is 518. The minimum absolute atomic E-state index is 0.204. The number of hydrogen-bond acceptors (Lipinski definition) is 2. The number of hydrogen-bond donors (Lipinski definition) is 1. The summed E-state index contributed by atoms with van der Waals surface area (Å²) in [6.45, 7) is 7.06. The fourth-order valence-corrected chi connectivity index (χ4v) is 2.21. The van der Waals surface area contributed by atoms with Crippen molar-refractivity contribution < 1.29 is 8.81 Å². The van der Waals surface area contributed by atoms with Gasteiger partial charge in [0.2, 0.25) is 0 Å². The van der Waals surface area contributed by atoms with Crippen LogP contribution >= 0.6 is 0 Å². The van der Waals surface area contributed by atoms with Gasteiger partial charge < -0.3 is 9.73 Å². The summed E-state index contributed by atoms with van der Waals surface area (Å²) >= 11 is 0. The summed E-state index contributed by atoms with van der Waals surface area (Å²) < 4.78 is 19.0. The maximum Gasteiger partial charge on any atom is 0.134 e. The molecule has 0 bridgehead atoms. The first-order valence-corrected chi connectivity index (χ1v) is 6.09. The van der Waals surface area contributed by atoms with Crippen molar-refractivity contribution in [1.82, 2.24) is 5.32 Å². The Balaban J connectivity index is 2.51. The summed E-state index contributed by atoms with van der Waals surface area (Å²) in [5.74, 6) is 0.708. The first-order chi connectivity index (χ1) is 8.17. The van der Waals surface area contributed by atoms with Crippen molar-refractivity contribution in [2.75, 3.05) is 6.54 Å². The highest BCUT2D eigenvalue weighted by Crippen LogP contribution is 2.31. The summed E-state index contributed by atoms with van der Waals surface area (Å²) in [6.07, 6.45) is 0.955. The predicted octanol–water partition coefficient (Wildman–Crippen LogP) is 3.94. The molecule has 0 fully saturated rings. The van der Waals surface area contributed by atoms with E-state index in [4.69, 9.17) is 4.42 Å². The molecule has 1 heterocycles. The van der Waals surface area contributed by atoms with Gasteiger partial charge >= 0.3 is 0 Å². The number of benzene rings is 1. The Hall–Kier alpha value is -1.35. The maximum absolute atomic E-state index is 13.2. The van der Waals surface area contributed by atoms with Gasteiger partial charge in [-0.05, 0) is 38.1 Å². The second kappa shape index (κ2) is 4.88. The van der Waals surface area contributed by atoms with E-state index in [0.29, 0.717) is 0 Å². The topological polar surface area (TPSA) is 25.2 Å². The molecule has 0 aliphatic rings. The molecule has 2 aromatic rings. The van der Waals surface area contributed by atoms with E-state index >= 15 is 0 Å². The van der Waals surface area contributed by atoms with Crippen LogP contribution in [0.5, 0.6) is 0 Å². The van der Waals surface area contributed by atoms with E-state index in [-0.39, 0.29) is 11.9 Å². The van der Waals surface area contributed by atoms with Crippen LogP contribution in [0.4, 0.5) is 4.39 Å². The Kier molecular flexibility index (Phi) is 3.48. The SMILES string of the molecule is CCNC(CC)c1oc2ccc(F)cc2c1C. The van der Waals surface area contributed by atoms with E-state index in [9.17, 15) is 4.39 Å². The molecule has 0 spiro atoms. The Morgan fingerprint density at radius 1 is 1.35 bits per heavy atom. The van der Waals surface area contributed by atoms with Crippen LogP contribution in [0.25, 0.3) is 11.0 Å². The molecule has 1 unspecified atom stereocenters. The van der Waals surface area contributed by atoms with E-state index in [1.807, 2.05) is 6.92 Å². The monoisotopic (exact) mass is 235 g/mol. The highest BCUT2D eigenvalue weighted by Gasteiger charge is 2.18. The number of halogens is 1.